The zero-order valence-corrected chi connectivity index (χ0v) is 9.25. The lowest BCUT2D eigenvalue weighted by Crippen LogP contribution is -2.41. The average molecular weight is 210 g/mol. The highest BCUT2D eigenvalue weighted by Crippen LogP contribution is 2.39. The van der Waals surface area contributed by atoms with Crippen molar-refractivity contribution in [3.63, 3.8) is 0 Å². The van der Waals surface area contributed by atoms with Gasteiger partial charge in [0.05, 0.1) is 18.5 Å². The Labute approximate surface area is 90.4 Å². The van der Waals surface area contributed by atoms with Gasteiger partial charge in [-0.3, -0.25) is 4.79 Å². The first kappa shape index (κ1) is 10.7. The molecule has 1 aliphatic carbocycles. The van der Waals surface area contributed by atoms with E-state index < -0.39 is 0 Å². The van der Waals surface area contributed by atoms with Crippen LogP contribution in [0.15, 0.2) is 11.8 Å². The van der Waals surface area contributed by atoms with Crippen LogP contribution in [0.2, 0.25) is 0 Å². The second-order valence-corrected chi connectivity index (χ2v) is 4.46. The van der Waals surface area contributed by atoms with Crippen LogP contribution in [0.5, 0.6) is 0 Å². The smallest absolute Gasteiger partial charge is 0.164 e. The zero-order chi connectivity index (χ0) is 10.7. The van der Waals surface area contributed by atoms with Gasteiger partial charge in [0, 0.05) is 19.1 Å². The molecule has 2 rings (SSSR count). The summed E-state index contributed by atoms with van der Waals surface area (Å²) in [4.78, 5) is 11.9. The summed E-state index contributed by atoms with van der Waals surface area (Å²) in [6.45, 7) is 0.742. The summed E-state index contributed by atoms with van der Waals surface area (Å²) in [5.41, 5.74) is 0.680. The molecule has 0 unspecified atom stereocenters. The summed E-state index contributed by atoms with van der Waals surface area (Å²) in [5.74, 6) is 0.205. The quantitative estimate of drug-likeness (QED) is 0.713. The minimum atomic E-state index is -0.157. The van der Waals surface area contributed by atoms with Gasteiger partial charge < -0.3 is 9.47 Å². The first-order valence-corrected chi connectivity index (χ1v) is 5.65. The van der Waals surface area contributed by atoms with E-state index in [0.717, 1.165) is 37.9 Å². The van der Waals surface area contributed by atoms with Crippen molar-refractivity contribution in [3.05, 3.63) is 11.8 Å². The Balaban J connectivity index is 1.93. The number of ketones is 1. The molecular formula is C12H18O3. The third-order valence-corrected chi connectivity index (χ3v) is 3.47. The largest absolute Gasteiger partial charge is 0.501 e. The molecule has 3 heteroatoms. The topological polar surface area (TPSA) is 35.5 Å². The van der Waals surface area contributed by atoms with Crippen molar-refractivity contribution in [3.8, 4) is 0 Å². The van der Waals surface area contributed by atoms with E-state index in [9.17, 15) is 4.79 Å². The van der Waals surface area contributed by atoms with E-state index in [1.807, 2.05) is 0 Å². The van der Waals surface area contributed by atoms with Crippen LogP contribution in [0.3, 0.4) is 0 Å². The van der Waals surface area contributed by atoms with Gasteiger partial charge in [-0.1, -0.05) is 0 Å². The van der Waals surface area contributed by atoms with Crippen molar-refractivity contribution < 1.29 is 14.3 Å². The molecule has 1 aliphatic heterocycles. The maximum Gasteiger partial charge on any atom is 0.164 e. The Morgan fingerprint density at radius 2 is 2.33 bits per heavy atom. The molecule has 0 N–H and O–H groups in total. The third kappa shape index (κ3) is 2.23. The van der Waals surface area contributed by atoms with Crippen LogP contribution in [-0.4, -0.2) is 25.1 Å². The van der Waals surface area contributed by atoms with Crippen molar-refractivity contribution in [2.75, 3.05) is 13.7 Å². The van der Waals surface area contributed by atoms with E-state index in [0.29, 0.717) is 6.42 Å². The van der Waals surface area contributed by atoms with Crippen LogP contribution >= 0.6 is 0 Å². The van der Waals surface area contributed by atoms with Gasteiger partial charge in [-0.2, -0.15) is 0 Å². The standard InChI is InChI=1S/C12H18O3/c1-14-12(5-3-6-12)8-11(13)10-4-2-7-15-9-10/h9H,2-8H2,1H3. The highest BCUT2D eigenvalue weighted by atomic mass is 16.5. The lowest BCUT2D eigenvalue weighted by molar-refractivity contribution is -0.129. The normalized spacial score (nSPS) is 23.7. The van der Waals surface area contributed by atoms with Crippen LogP contribution in [0, 0.1) is 0 Å². The highest BCUT2D eigenvalue weighted by Gasteiger charge is 2.39. The molecule has 0 bridgehead atoms. The fraction of sp³-hybridized carbons (Fsp3) is 0.750. The van der Waals surface area contributed by atoms with E-state index in [-0.39, 0.29) is 11.4 Å². The number of ether oxygens (including phenoxy) is 2. The summed E-state index contributed by atoms with van der Waals surface area (Å²) < 4.78 is 10.6. The summed E-state index contributed by atoms with van der Waals surface area (Å²) in [6.07, 6.45) is 7.19. The minimum Gasteiger partial charge on any atom is -0.501 e. The van der Waals surface area contributed by atoms with E-state index in [1.54, 1.807) is 13.4 Å². The number of allylic oxidation sites excluding steroid dienone is 1. The molecule has 0 amide bonds. The Kier molecular flexibility index (Phi) is 3.10. The average Bonchev–Trinajstić information content (AvgIpc) is 2.24. The molecule has 2 aliphatic rings. The number of hydrogen-bond donors (Lipinski definition) is 0. The molecule has 0 saturated heterocycles. The van der Waals surface area contributed by atoms with Crippen molar-refractivity contribution >= 4 is 5.78 Å². The summed E-state index contributed by atoms with van der Waals surface area (Å²) in [6, 6.07) is 0. The van der Waals surface area contributed by atoms with Crippen molar-refractivity contribution in [2.45, 2.75) is 44.1 Å². The molecule has 1 saturated carbocycles. The SMILES string of the molecule is COC1(CC(=O)C2=COCCC2)CCC1. The summed E-state index contributed by atoms with van der Waals surface area (Å²) in [5, 5.41) is 0. The van der Waals surface area contributed by atoms with E-state index in [2.05, 4.69) is 0 Å². The lowest BCUT2D eigenvalue weighted by atomic mass is 9.75. The molecular weight excluding hydrogens is 192 g/mol. The molecule has 0 atom stereocenters. The van der Waals surface area contributed by atoms with Crippen LogP contribution in [0.1, 0.15) is 38.5 Å². The molecule has 15 heavy (non-hydrogen) atoms. The highest BCUT2D eigenvalue weighted by molar-refractivity contribution is 5.95. The van der Waals surface area contributed by atoms with Gasteiger partial charge in [0.25, 0.3) is 0 Å². The maximum absolute atomic E-state index is 11.9. The molecule has 1 heterocycles. The molecule has 0 aromatic carbocycles. The maximum atomic E-state index is 11.9. The van der Waals surface area contributed by atoms with Crippen molar-refractivity contribution in [2.24, 2.45) is 0 Å². The monoisotopic (exact) mass is 210 g/mol. The Bertz CT molecular complexity index is 271. The third-order valence-electron chi connectivity index (χ3n) is 3.47. The van der Waals surface area contributed by atoms with E-state index >= 15 is 0 Å². The Hall–Kier alpha value is -0.830. The molecule has 1 fully saturated rings. The molecule has 3 nitrogen and oxygen atoms in total. The number of Topliss-reactive ketones (excluding diaryl/α,β-unsaturated/α-hetero) is 1. The van der Waals surface area contributed by atoms with E-state index in [4.69, 9.17) is 9.47 Å². The van der Waals surface area contributed by atoms with Crippen LogP contribution in [0.25, 0.3) is 0 Å². The fourth-order valence-electron chi connectivity index (χ4n) is 2.20. The fourth-order valence-corrected chi connectivity index (χ4v) is 2.20. The van der Waals surface area contributed by atoms with Gasteiger partial charge in [-0.25, -0.2) is 0 Å². The van der Waals surface area contributed by atoms with Gasteiger partial charge in [0.2, 0.25) is 0 Å². The van der Waals surface area contributed by atoms with Gasteiger partial charge in [0.1, 0.15) is 0 Å². The second-order valence-electron chi connectivity index (χ2n) is 4.46. The van der Waals surface area contributed by atoms with Gasteiger partial charge >= 0.3 is 0 Å². The van der Waals surface area contributed by atoms with Gasteiger partial charge in [0.15, 0.2) is 5.78 Å². The van der Waals surface area contributed by atoms with Crippen molar-refractivity contribution in [1.29, 1.82) is 0 Å². The van der Waals surface area contributed by atoms with Gasteiger partial charge in [-0.05, 0) is 32.1 Å². The minimum absolute atomic E-state index is 0.157. The lowest BCUT2D eigenvalue weighted by Gasteiger charge is -2.40. The van der Waals surface area contributed by atoms with Gasteiger partial charge in [-0.15, -0.1) is 0 Å². The van der Waals surface area contributed by atoms with Crippen LogP contribution in [0.4, 0.5) is 0 Å². The molecule has 0 radical (unpaired) electrons. The zero-order valence-electron chi connectivity index (χ0n) is 9.25. The number of carbonyl (C=O) groups excluding carboxylic acids is 1. The summed E-state index contributed by atoms with van der Waals surface area (Å²) in [7, 11) is 1.71. The predicted octanol–water partition coefficient (Wildman–Crippen LogP) is 2.21. The molecule has 84 valence electrons. The molecule has 0 aromatic rings. The first-order chi connectivity index (χ1) is 7.26. The molecule has 0 aromatic heterocycles. The molecule has 0 spiro atoms. The van der Waals surface area contributed by atoms with E-state index in [1.165, 1.54) is 6.42 Å². The number of hydrogen-bond acceptors (Lipinski definition) is 3. The first-order valence-electron chi connectivity index (χ1n) is 5.65. The predicted molar refractivity (Wildman–Crippen MR) is 56.5 cm³/mol. The number of methoxy groups -OCH3 is 1. The Morgan fingerprint density at radius 3 is 2.80 bits per heavy atom. The summed E-state index contributed by atoms with van der Waals surface area (Å²) >= 11 is 0. The van der Waals surface area contributed by atoms with Crippen molar-refractivity contribution in [1.82, 2.24) is 0 Å². The van der Waals surface area contributed by atoms with Crippen LogP contribution < -0.4 is 0 Å². The van der Waals surface area contributed by atoms with Crippen LogP contribution in [-0.2, 0) is 14.3 Å². The Morgan fingerprint density at radius 1 is 1.53 bits per heavy atom. The number of carbonyl (C=O) groups is 1. The second kappa shape index (κ2) is 4.35. The number of rotatable bonds is 4.